The maximum absolute atomic E-state index is 13.3. The summed E-state index contributed by atoms with van der Waals surface area (Å²) in [5.74, 6) is 2.29. The molecule has 9 atom stereocenters. The highest BCUT2D eigenvalue weighted by molar-refractivity contribution is 5.78. The molecule has 7 nitrogen and oxygen atoms in total. The summed E-state index contributed by atoms with van der Waals surface area (Å²) in [6, 6.07) is 0. The number of carbonyl (C=O) groups is 1. The molecule has 0 bridgehead atoms. The Labute approximate surface area is 280 Å². The zero-order valence-electron chi connectivity index (χ0n) is 29.1. The highest BCUT2D eigenvalue weighted by Crippen LogP contribution is 2.42. The van der Waals surface area contributed by atoms with Gasteiger partial charge in [-0.15, -0.1) is 0 Å². The Bertz CT molecular complexity index is 860. The van der Waals surface area contributed by atoms with Crippen LogP contribution in [0.15, 0.2) is 12.2 Å². The lowest BCUT2D eigenvalue weighted by atomic mass is 9.87. The molecule has 5 fully saturated rings. The fourth-order valence-corrected chi connectivity index (χ4v) is 8.52. The monoisotopic (exact) mass is 646 g/mol. The van der Waals surface area contributed by atoms with Gasteiger partial charge in [-0.1, -0.05) is 51.2 Å². The van der Waals surface area contributed by atoms with Crippen LogP contribution in [0.2, 0.25) is 0 Å². The molecular formula is C39H66O7. The third kappa shape index (κ3) is 12.2. The Morgan fingerprint density at radius 2 is 1.52 bits per heavy atom. The summed E-state index contributed by atoms with van der Waals surface area (Å²) in [4.78, 5) is 13.3. The molecule has 2 saturated carbocycles. The van der Waals surface area contributed by atoms with E-state index in [-0.39, 0.29) is 37.0 Å². The van der Waals surface area contributed by atoms with E-state index < -0.39 is 0 Å². The lowest BCUT2D eigenvalue weighted by Gasteiger charge is -2.31. The molecular weight excluding hydrogens is 580 g/mol. The van der Waals surface area contributed by atoms with Gasteiger partial charge in [0, 0.05) is 45.2 Å². The average Bonchev–Trinajstić information content (AvgIpc) is 3.72. The minimum Gasteiger partial charge on any atom is -0.353 e. The van der Waals surface area contributed by atoms with Crippen LogP contribution in [0.3, 0.4) is 0 Å². The molecule has 0 radical (unpaired) electrons. The van der Waals surface area contributed by atoms with Crippen LogP contribution >= 0.6 is 0 Å². The van der Waals surface area contributed by atoms with Crippen LogP contribution in [0.5, 0.6) is 0 Å². The van der Waals surface area contributed by atoms with Crippen molar-refractivity contribution in [3.8, 4) is 0 Å². The Hall–Kier alpha value is -0.830. The first-order valence-corrected chi connectivity index (χ1v) is 19.6. The van der Waals surface area contributed by atoms with Gasteiger partial charge in [0.15, 0.2) is 18.9 Å². The molecule has 0 aromatic carbocycles. The highest BCUT2D eigenvalue weighted by atomic mass is 16.7. The number of carbonyl (C=O) groups excluding carboxylic acids is 1. The number of unbranched alkanes of at least 4 members (excludes halogenated alkanes) is 3. The van der Waals surface area contributed by atoms with Crippen molar-refractivity contribution in [2.45, 2.75) is 179 Å². The van der Waals surface area contributed by atoms with Crippen LogP contribution in [0, 0.1) is 23.7 Å². The van der Waals surface area contributed by atoms with Gasteiger partial charge < -0.3 is 28.4 Å². The van der Waals surface area contributed by atoms with E-state index in [0.29, 0.717) is 30.5 Å². The molecule has 0 spiro atoms. The third-order valence-corrected chi connectivity index (χ3v) is 11.3. The first-order chi connectivity index (χ1) is 22.7. The highest BCUT2D eigenvalue weighted by Gasteiger charge is 2.39. The van der Waals surface area contributed by atoms with Gasteiger partial charge in [0.05, 0.1) is 12.2 Å². The average molecular weight is 647 g/mol. The number of ether oxygens (including phenoxy) is 6. The second-order valence-electron chi connectivity index (χ2n) is 15.0. The van der Waals surface area contributed by atoms with E-state index in [2.05, 4.69) is 19.1 Å². The molecule has 0 amide bonds. The van der Waals surface area contributed by atoms with Crippen molar-refractivity contribution in [3.05, 3.63) is 12.2 Å². The van der Waals surface area contributed by atoms with E-state index in [1.807, 2.05) is 0 Å². The van der Waals surface area contributed by atoms with E-state index in [4.69, 9.17) is 28.4 Å². The van der Waals surface area contributed by atoms with Gasteiger partial charge in [-0.3, -0.25) is 4.79 Å². The van der Waals surface area contributed by atoms with Crippen molar-refractivity contribution < 1.29 is 33.2 Å². The van der Waals surface area contributed by atoms with Gasteiger partial charge in [-0.25, -0.2) is 0 Å². The van der Waals surface area contributed by atoms with Crippen LogP contribution in [-0.2, 0) is 33.2 Å². The number of hydrogen-bond acceptors (Lipinski definition) is 7. The van der Waals surface area contributed by atoms with Crippen LogP contribution < -0.4 is 0 Å². The van der Waals surface area contributed by atoms with E-state index >= 15 is 0 Å². The lowest BCUT2D eigenvalue weighted by molar-refractivity contribution is -0.193. The minimum atomic E-state index is -0.109. The predicted molar refractivity (Wildman–Crippen MR) is 180 cm³/mol. The number of ketones is 1. The topological polar surface area (TPSA) is 72.5 Å². The second kappa shape index (κ2) is 20.6. The zero-order chi connectivity index (χ0) is 31.8. The molecule has 3 saturated heterocycles. The fraction of sp³-hybridized carbons (Fsp3) is 0.923. The van der Waals surface area contributed by atoms with E-state index in [1.165, 1.54) is 51.4 Å². The van der Waals surface area contributed by atoms with E-state index in [1.54, 1.807) is 0 Å². The Morgan fingerprint density at radius 1 is 0.783 bits per heavy atom. The van der Waals surface area contributed by atoms with Gasteiger partial charge in [-0.05, 0) is 114 Å². The van der Waals surface area contributed by atoms with Gasteiger partial charge in [0.25, 0.3) is 0 Å². The molecule has 7 heteroatoms. The first kappa shape index (κ1) is 36.5. The summed E-state index contributed by atoms with van der Waals surface area (Å²) < 4.78 is 37.0. The van der Waals surface area contributed by atoms with Crippen LogP contribution in [0.25, 0.3) is 0 Å². The maximum Gasteiger partial charge on any atom is 0.158 e. The molecule has 5 rings (SSSR count). The normalized spacial score (nSPS) is 34.7. The van der Waals surface area contributed by atoms with Gasteiger partial charge in [0.2, 0.25) is 0 Å². The summed E-state index contributed by atoms with van der Waals surface area (Å²) >= 11 is 0. The number of hydrogen-bond donors (Lipinski definition) is 0. The van der Waals surface area contributed by atoms with Crippen molar-refractivity contribution in [1.82, 2.24) is 0 Å². The van der Waals surface area contributed by atoms with E-state index in [9.17, 15) is 4.79 Å². The lowest BCUT2D eigenvalue weighted by Crippen LogP contribution is -2.32. The summed E-state index contributed by atoms with van der Waals surface area (Å²) in [6.45, 7) is 5.43. The summed E-state index contributed by atoms with van der Waals surface area (Å²) in [5, 5.41) is 0. The molecule has 264 valence electrons. The molecule has 5 unspecified atom stereocenters. The van der Waals surface area contributed by atoms with E-state index in [0.717, 1.165) is 109 Å². The largest absolute Gasteiger partial charge is 0.353 e. The standard InChI is InChI=1S/C39H66O7/c1-2-3-13-30-18-19-32(28-30)35(45-38-16-7-11-26-43-38)23-21-34-31(20-22-36(34)46-39-17-8-12-27-44-39)29-33(40)14-5-4-9-24-41-37-15-6-10-25-42-37/h21,23,30-32,34-39H,2-20,22,24-29H2,1H3/t30?,31-,32?,34-,35-,36-,37?,38?,39?/m1/s1. The van der Waals surface area contributed by atoms with Crippen LogP contribution in [0.1, 0.15) is 148 Å². The molecule has 0 aromatic rings. The summed E-state index contributed by atoms with van der Waals surface area (Å²) in [6.07, 6.45) is 28.6. The maximum atomic E-state index is 13.3. The number of rotatable bonds is 19. The van der Waals surface area contributed by atoms with Crippen LogP contribution in [-0.4, -0.2) is 63.3 Å². The first-order valence-electron chi connectivity index (χ1n) is 19.6. The quantitative estimate of drug-likeness (QED) is 0.102. The zero-order valence-corrected chi connectivity index (χ0v) is 29.1. The fourth-order valence-electron chi connectivity index (χ4n) is 8.52. The van der Waals surface area contributed by atoms with Crippen molar-refractivity contribution in [2.75, 3.05) is 26.4 Å². The minimum absolute atomic E-state index is 0.0201. The predicted octanol–water partition coefficient (Wildman–Crippen LogP) is 9.06. The molecule has 3 aliphatic heterocycles. The Kier molecular flexibility index (Phi) is 16.3. The molecule has 46 heavy (non-hydrogen) atoms. The van der Waals surface area contributed by atoms with Gasteiger partial charge in [0.1, 0.15) is 5.78 Å². The Balaban J connectivity index is 1.16. The summed E-state index contributed by atoms with van der Waals surface area (Å²) in [7, 11) is 0. The van der Waals surface area contributed by atoms with Gasteiger partial charge >= 0.3 is 0 Å². The van der Waals surface area contributed by atoms with Crippen molar-refractivity contribution in [3.63, 3.8) is 0 Å². The van der Waals surface area contributed by atoms with Gasteiger partial charge in [-0.2, -0.15) is 0 Å². The third-order valence-electron chi connectivity index (χ3n) is 11.3. The molecule has 2 aliphatic carbocycles. The van der Waals surface area contributed by atoms with Crippen LogP contribution in [0.4, 0.5) is 0 Å². The molecule has 0 N–H and O–H groups in total. The smallest absolute Gasteiger partial charge is 0.158 e. The van der Waals surface area contributed by atoms with Crippen molar-refractivity contribution in [2.24, 2.45) is 23.7 Å². The molecule has 5 aliphatic rings. The van der Waals surface area contributed by atoms with Crippen molar-refractivity contribution in [1.29, 1.82) is 0 Å². The Morgan fingerprint density at radius 3 is 2.24 bits per heavy atom. The second-order valence-corrected chi connectivity index (χ2v) is 15.0. The van der Waals surface area contributed by atoms with Crippen molar-refractivity contribution >= 4 is 5.78 Å². The SMILES string of the molecule is CCCCC1CCC([C@@H](C=C[C@@H]2[C@@H](CC(=O)CCCCCOC3CCCCO3)CC[C@H]2OC2CCCCO2)OC2CCCCO2)C1. The number of Topliss-reactive ketones (excluding diaryl/α,β-unsaturated/α-hetero) is 1. The summed E-state index contributed by atoms with van der Waals surface area (Å²) in [5.41, 5.74) is 0. The molecule has 3 heterocycles. The molecule has 0 aromatic heterocycles.